The maximum Gasteiger partial charge on any atom is 0.135 e. The molecule has 0 fully saturated rings. The van der Waals surface area contributed by atoms with Crippen LogP contribution in [0.5, 0.6) is 0 Å². The fourth-order valence-electron chi connectivity index (χ4n) is 1.54. The normalized spacial score (nSPS) is 11.0. The van der Waals surface area contributed by atoms with Gasteiger partial charge in [0.15, 0.2) is 0 Å². The van der Waals surface area contributed by atoms with Gasteiger partial charge in [0.1, 0.15) is 5.58 Å². The van der Waals surface area contributed by atoms with Crippen LogP contribution >= 0.6 is 11.6 Å². The van der Waals surface area contributed by atoms with Gasteiger partial charge < -0.3 is 10.2 Å². The summed E-state index contributed by atoms with van der Waals surface area (Å²) in [6.07, 6.45) is 3.54. The molecule has 74 valence electrons. The molecule has 0 aliphatic rings. The molecule has 0 atom stereocenters. The molecule has 2 nitrogen and oxygen atoms in total. The molecular formula is C11H12ClNO. The molecule has 0 bridgehead atoms. The lowest BCUT2D eigenvalue weighted by molar-refractivity contribution is 0.615. The quantitative estimate of drug-likeness (QED) is 0.844. The van der Waals surface area contributed by atoms with Gasteiger partial charge >= 0.3 is 0 Å². The zero-order chi connectivity index (χ0) is 9.97. The number of halogens is 1. The molecule has 2 aromatic rings. The first-order valence-corrected chi connectivity index (χ1v) is 5.05. The summed E-state index contributed by atoms with van der Waals surface area (Å²) in [4.78, 5) is 0. The Morgan fingerprint density at radius 1 is 1.29 bits per heavy atom. The van der Waals surface area contributed by atoms with Gasteiger partial charge in [0.25, 0.3) is 0 Å². The molecule has 0 radical (unpaired) electrons. The summed E-state index contributed by atoms with van der Waals surface area (Å²) in [5, 5.41) is 1.78. The SMILES string of the molecule is NCCCc1ccc2occc2c1Cl. The van der Waals surface area contributed by atoms with Crippen molar-refractivity contribution >= 4 is 22.6 Å². The highest BCUT2D eigenvalue weighted by Gasteiger charge is 2.06. The van der Waals surface area contributed by atoms with E-state index in [0.29, 0.717) is 6.54 Å². The highest BCUT2D eigenvalue weighted by Crippen LogP contribution is 2.28. The fraction of sp³-hybridized carbons (Fsp3) is 0.273. The maximum atomic E-state index is 6.22. The van der Waals surface area contributed by atoms with Crippen LogP contribution in [0.4, 0.5) is 0 Å². The van der Waals surface area contributed by atoms with Gasteiger partial charge in [-0.2, -0.15) is 0 Å². The molecule has 14 heavy (non-hydrogen) atoms. The molecule has 2 rings (SSSR count). The fourth-order valence-corrected chi connectivity index (χ4v) is 1.85. The predicted molar refractivity (Wildman–Crippen MR) is 58.6 cm³/mol. The number of hydrogen-bond acceptors (Lipinski definition) is 2. The Bertz CT molecular complexity index is 436. The van der Waals surface area contributed by atoms with Crippen molar-refractivity contribution in [3.63, 3.8) is 0 Å². The van der Waals surface area contributed by atoms with Crippen molar-refractivity contribution in [2.75, 3.05) is 6.54 Å². The lowest BCUT2D eigenvalue weighted by Gasteiger charge is -2.03. The van der Waals surface area contributed by atoms with Crippen molar-refractivity contribution in [1.29, 1.82) is 0 Å². The minimum atomic E-state index is 0.694. The Morgan fingerprint density at radius 2 is 2.14 bits per heavy atom. The second-order valence-electron chi connectivity index (χ2n) is 3.26. The standard InChI is InChI=1S/C11H12ClNO/c12-11-8(2-1-6-13)3-4-10-9(11)5-7-14-10/h3-5,7H,1-2,6,13H2. The van der Waals surface area contributed by atoms with Crippen molar-refractivity contribution < 1.29 is 4.42 Å². The minimum absolute atomic E-state index is 0.694. The Labute approximate surface area is 87.6 Å². The molecule has 0 aliphatic carbocycles. The number of hydrogen-bond donors (Lipinski definition) is 1. The highest BCUT2D eigenvalue weighted by atomic mass is 35.5. The molecule has 0 saturated heterocycles. The highest BCUT2D eigenvalue weighted by molar-refractivity contribution is 6.36. The molecule has 1 heterocycles. The first kappa shape index (κ1) is 9.56. The van der Waals surface area contributed by atoms with Crippen LogP contribution in [0, 0.1) is 0 Å². The number of fused-ring (bicyclic) bond motifs is 1. The average molecular weight is 210 g/mol. The van der Waals surface area contributed by atoms with Crippen LogP contribution in [0.1, 0.15) is 12.0 Å². The second kappa shape index (κ2) is 4.03. The number of rotatable bonds is 3. The van der Waals surface area contributed by atoms with E-state index in [0.717, 1.165) is 34.4 Å². The summed E-state index contributed by atoms with van der Waals surface area (Å²) in [6, 6.07) is 5.85. The van der Waals surface area contributed by atoms with Gasteiger partial charge in [-0.05, 0) is 37.1 Å². The molecule has 2 N–H and O–H groups in total. The molecule has 0 saturated carbocycles. The lowest BCUT2D eigenvalue weighted by atomic mass is 10.1. The van der Waals surface area contributed by atoms with Crippen LogP contribution in [0.2, 0.25) is 5.02 Å². The lowest BCUT2D eigenvalue weighted by Crippen LogP contribution is -2.00. The molecular weight excluding hydrogens is 198 g/mol. The zero-order valence-corrected chi connectivity index (χ0v) is 8.55. The van der Waals surface area contributed by atoms with E-state index in [1.165, 1.54) is 0 Å². The van der Waals surface area contributed by atoms with E-state index < -0.39 is 0 Å². The third-order valence-corrected chi connectivity index (χ3v) is 2.75. The average Bonchev–Trinajstić information content (AvgIpc) is 2.66. The van der Waals surface area contributed by atoms with Crippen LogP contribution < -0.4 is 5.73 Å². The van der Waals surface area contributed by atoms with Crippen molar-refractivity contribution in [1.82, 2.24) is 0 Å². The molecule has 0 amide bonds. The summed E-state index contributed by atoms with van der Waals surface area (Å²) in [6.45, 7) is 0.694. The van der Waals surface area contributed by atoms with Crippen molar-refractivity contribution in [3.05, 3.63) is 35.0 Å². The van der Waals surface area contributed by atoms with E-state index in [2.05, 4.69) is 0 Å². The first-order valence-electron chi connectivity index (χ1n) is 4.67. The van der Waals surface area contributed by atoms with Crippen LogP contribution in [-0.4, -0.2) is 6.54 Å². The van der Waals surface area contributed by atoms with Crippen LogP contribution in [-0.2, 0) is 6.42 Å². The third kappa shape index (κ3) is 1.63. The van der Waals surface area contributed by atoms with E-state index in [1.807, 2.05) is 18.2 Å². The van der Waals surface area contributed by atoms with E-state index in [4.69, 9.17) is 21.8 Å². The number of benzene rings is 1. The van der Waals surface area contributed by atoms with Crippen LogP contribution in [0.15, 0.2) is 28.9 Å². The second-order valence-corrected chi connectivity index (χ2v) is 3.64. The van der Waals surface area contributed by atoms with E-state index in [-0.39, 0.29) is 0 Å². The largest absolute Gasteiger partial charge is 0.464 e. The number of aryl methyl sites for hydroxylation is 1. The summed E-state index contributed by atoms with van der Waals surface area (Å²) >= 11 is 6.22. The zero-order valence-electron chi connectivity index (χ0n) is 7.79. The number of furan rings is 1. The minimum Gasteiger partial charge on any atom is -0.464 e. The maximum absolute atomic E-state index is 6.22. The number of nitrogens with two attached hydrogens (primary N) is 1. The summed E-state index contributed by atoms with van der Waals surface area (Å²) in [5.74, 6) is 0. The smallest absolute Gasteiger partial charge is 0.135 e. The van der Waals surface area contributed by atoms with Crippen LogP contribution in [0.3, 0.4) is 0 Å². The first-order chi connectivity index (χ1) is 6.83. The van der Waals surface area contributed by atoms with Gasteiger partial charge in [-0.15, -0.1) is 0 Å². The van der Waals surface area contributed by atoms with Crippen LogP contribution in [0.25, 0.3) is 11.0 Å². The van der Waals surface area contributed by atoms with Gasteiger partial charge in [-0.25, -0.2) is 0 Å². The van der Waals surface area contributed by atoms with Gasteiger partial charge in [0, 0.05) is 5.39 Å². The molecule has 0 spiro atoms. The molecule has 1 aromatic heterocycles. The predicted octanol–water partition coefficient (Wildman–Crippen LogP) is 2.98. The summed E-state index contributed by atoms with van der Waals surface area (Å²) in [7, 11) is 0. The molecule has 3 heteroatoms. The molecule has 0 unspecified atom stereocenters. The Hall–Kier alpha value is -0.990. The molecule has 0 aliphatic heterocycles. The monoisotopic (exact) mass is 209 g/mol. The summed E-state index contributed by atoms with van der Waals surface area (Å²) < 4.78 is 5.25. The van der Waals surface area contributed by atoms with Crippen molar-refractivity contribution in [2.45, 2.75) is 12.8 Å². The Morgan fingerprint density at radius 3 is 2.93 bits per heavy atom. The Kier molecular flexibility index (Phi) is 2.75. The summed E-state index contributed by atoms with van der Waals surface area (Å²) in [5.41, 5.74) is 7.44. The van der Waals surface area contributed by atoms with Gasteiger partial charge in [-0.3, -0.25) is 0 Å². The van der Waals surface area contributed by atoms with E-state index in [1.54, 1.807) is 6.26 Å². The Balaban J connectivity index is 2.40. The topological polar surface area (TPSA) is 39.2 Å². The van der Waals surface area contributed by atoms with Crippen molar-refractivity contribution in [2.24, 2.45) is 5.73 Å². The third-order valence-electron chi connectivity index (χ3n) is 2.30. The van der Waals surface area contributed by atoms with Gasteiger partial charge in [0.2, 0.25) is 0 Å². The molecule has 1 aromatic carbocycles. The van der Waals surface area contributed by atoms with Crippen molar-refractivity contribution in [3.8, 4) is 0 Å². The van der Waals surface area contributed by atoms with E-state index in [9.17, 15) is 0 Å². The van der Waals surface area contributed by atoms with E-state index >= 15 is 0 Å². The van der Waals surface area contributed by atoms with Gasteiger partial charge in [0.05, 0.1) is 11.3 Å². The van der Waals surface area contributed by atoms with Gasteiger partial charge in [-0.1, -0.05) is 17.7 Å².